The third-order valence-corrected chi connectivity index (χ3v) is 6.02. The minimum absolute atomic E-state index is 0.0241. The van der Waals surface area contributed by atoms with Gasteiger partial charge < -0.3 is 4.74 Å². The number of ether oxygens (including phenoxy) is 1. The molecule has 0 N–H and O–H groups in total. The standard InChI is InChI=1S/C23H23FO2S/c1-15(2)26-20(12-25-24)14-27-13-19-9-8-18-7-6-16-4-3-5-17-10-11-21(19)23(18)22(16)17/h3-11,15,20H,12-14H2,1-2H3. The molecule has 0 fully saturated rings. The highest BCUT2D eigenvalue weighted by Crippen LogP contribution is 2.36. The van der Waals surface area contributed by atoms with Crippen molar-refractivity contribution in [3.63, 3.8) is 0 Å². The Bertz CT molecular complexity index is 1030. The Hall–Kier alpha value is -1.88. The van der Waals surface area contributed by atoms with Crippen LogP contribution >= 0.6 is 11.8 Å². The molecule has 4 rings (SSSR count). The van der Waals surface area contributed by atoms with Crippen molar-refractivity contribution in [3.05, 3.63) is 60.2 Å². The molecule has 2 nitrogen and oxygen atoms in total. The fourth-order valence-corrected chi connectivity index (χ4v) is 4.83. The molecule has 1 atom stereocenters. The number of thioether (sulfide) groups is 1. The van der Waals surface area contributed by atoms with Crippen LogP contribution in [-0.4, -0.2) is 24.6 Å². The fraction of sp³-hybridized carbons (Fsp3) is 0.304. The average molecular weight is 383 g/mol. The zero-order valence-corrected chi connectivity index (χ0v) is 16.4. The molecule has 0 saturated heterocycles. The van der Waals surface area contributed by atoms with Crippen LogP contribution in [0, 0.1) is 0 Å². The van der Waals surface area contributed by atoms with Gasteiger partial charge in [0.05, 0.1) is 12.2 Å². The second kappa shape index (κ2) is 8.01. The molecule has 0 aliphatic heterocycles. The zero-order chi connectivity index (χ0) is 18.8. The Labute approximate surface area is 162 Å². The van der Waals surface area contributed by atoms with Gasteiger partial charge in [0.15, 0.2) is 0 Å². The van der Waals surface area contributed by atoms with Crippen LogP contribution in [0.4, 0.5) is 4.53 Å². The summed E-state index contributed by atoms with van der Waals surface area (Å²) in [6, 6.07) is 19.7. The first-order valence-corrected chi connectivity index (χ1v) is 10.4. The van der Waals surface area contributed by atoms with E-state index in [1.165, 1.54) is 37.9 Å². The molecule has 0 radical (unpaired) electrons. The maximum Gasteiger partial charge on any atom is 0.115 e. The predicted octanol–water partition coefficient (Wildman–Crippen LogP) is 6.51. The van der Waals surface area contributed by atoms with Crippen LogP contribution in [0.1, 0.15) is 19.4 Å². The molecule has 27 heavy (non-hydrogen) atoms. The van der Waals surface area contributed by atoms with Crippen molar-refractivity contribution in [1.82, 2.24) is 0 Å². The Balaban J connectivity index is 1.62. The molecular formula is C23H23FO2S. The Morgan fingerprint density at radius 3 is 2.26 bits per heavy atom. The largest absolute Gasteiger partial charge is 0.372 e. The maximum atomic E-state index is 12.3. The molecule has 4 heteroatoms. The van der Waals surface area contributed by atoms with Gasteiger partial charge in [0.1, 0.15) is 6.61 Å². The predicted molar refractivity (Wildman–Crippen MR) is 113 cm³/mol. The van der Waals surface area contributed by atoms with Gasteiger partial charge in [0, 0.05) is 11.5 Å². The fourth-order valence-electron chi connectivity index (χ4n) is 3.80. The second-order valence-corrected chi connectivity index (χ2v) is 8.21. The Morgan fingerprint density at radius 2 is 1.56 bits per heavy atom. The van der Waals surface area contributed by atoms with Crippen molar-refractivity contribution in [2.24, 2.45) is 0 Å². The van der Waals surface area contributed by atoms with Crippen LogP contribution in [0.25, 0.3) is 32.3 Å². The number of benzene rings is 4. The van der Waals surface area contributed by atoms with Gasteiger partial charge in [-0.15, -0.1) is 0 Å². The summed E-state index contributed by atoms with van der Waals surface area (Å²) in [5.74, 6) is 1.56. The van der Waals surface area contributed by atoms with Crippen LogP contribution in [0.5, 0.6) is 0 Å². The van der Waals surface area contributed by atoms with Gasteiger partial charge >= 0.3 is 0 Å². The Kier molecular flexibility index (Phi) is 5.48. The lowest BCUT2D eigenvalue weighted by Crippen LogP contribution is -2.24. The SMILES string of the molecule is CC(C)OC(COF)CSCc1ccc2ccc3cccc4ccc1c2c34. The van der Waals surface area contributed by atoms with Gasteiger partial charge in [-0.1, -0.05) is 54.6 Å². The highest BCUT2D eigenvalue weighted by atomic mass is 32.2. The molecule has 0 aliphatic rings. The summed E-state index contributed by atoms with van der Waals surface area (Å²) in [6.07, 6.45) is -0.180. The van der Waals surface area contributed by atoms with Crippen LogP contribution in [0.2, 0.25) is 0 Å². The zero-order valence-electron chi connectivity index (χ0n) is 15.6. The van der Waals surface area contributed by atoms with E-state index in [1.54, 1.807) is 11.8 Å². The molecule has 0 aromatic heterocycles. The van der Waals surface area contributed by atoms with Crippen molar-refractivity contribution in [2.75, 3.05) is 12.4 Å². The van der Waals surface area contributed by atoms with E-state index >= 15 is 0 Å². The maximum absolute atomic E-state index is 12.3. The van der Waals surface area contributed by atoms with Crippen molar-refractivity contribution in [3.8, 4) is 0 Å². The number of rotatable bonds is 8. The topological polar surface area (TPSA) is 18.5 Å². The lowest BCUT2D eigenvalue weighted by molar-refractivity contribution is -0.167. The molecule has 0 bridgehead atoms. The van der Waals surface area contributed by atoms with Gasteiger partial charge in [0.2, 0.25) is 0 Å². The molecule has 1 unspecified atom stereocenters. The summed E-state index contributed by atoms with van der Waals surface area (Å²) < 4.78 is 18.0. The van der Waals surface area contributed by atoms with Gasteiger partial charge in [-0.3, -0.25) is 0 Å². The number of halogens is 1. The highest BCUT2D eigenvalue weighted by molar-refractivity contribution is 7.98. The van der Waals surface area contributed by atoms with Gasteiger partial charge in [0.25, 0.3) is 0 Å². The monoisotopic (exact) mass is 382 g/mol. The van der Waals surface area contributed by atoms with Gasteiger partial charge in [-0.2, -0.15) is 16.7 Å². The van der Waals surface area contributed by atoms with Gasteiger partial charge in [-0.25, -0.2) is 0 Å². The first-order chi connectivity index (χ1) is 13.2. The molecule has 4 aromatic rings. The van der Waals surface area contributed by atoms with E-state index in [1.807, 2.05) is 13.8 Å². The third-order valence-electron chi connectivity index (χ3n) is 4.89. The van der Waals surface area contributed by atoms with E-state index in [2.05, 4.69) is 59.5 Å². The highest BCUT2D eigenvalue weighted by Gasteiger charge is 2.14. The quantitative estimate of drug-likeness (QED) is 0.324. The lowest BCUT2D eigenvalue weighted by atomic mass is 9.92. The van der Waals surface area contributed by atoms with Crippen molar-refractivity contribution >= 4 is 44.1 Å². The smallest absolute Gasteiger partial charge is 0.115 e. The van der Waals surface area contributed by atoms with Crippen molar-refractivity contribution in [1.29, 1.82) is 0 Å². The summed E-state index contributed by atoms with van der Waals surface area (Å²) in [4.78, 5) is 3.82. The molecule has 140 valence electrons. The summed E-state index contributed by atoms with van der Waals surface area (Å²) in [6.45, 7) is 3.89. The van der Waals surface area contributed by atoms with Crippen LogP contribution in [-0.2, 0) is 15.4 Å². The average Bonchev–Trinajstić information content (AvgIpc) is 2.66. The first-order valence-electron chi connectivity index (χ1n) is 9.29. The van der Waals surface area contributed by atoms with E-state index in [9.17, 15) is 4.53 Å². The van der Waals surface area contributed by atoms with Crippen LogP contribution in [0.3, 0.4) is 0 Å². The van der Waals surface area contributed by atoms with E-state index in [-0.39, 0.29) is 18.8 Å². The molecular weight excluding hydrogens is 359 g/mol. The third kappa shape index (κ3) is 3.75. The number of hydrogen-bond acceptors (Lipinski definition) is 3. The first kappa shape index (κ1) is 18.5. The van der Waals surface area contributed by atoms with Crippen molar-refractivity contribution < 1.29 is 14.2 Å². The molecule has 0 aliphatic carbocycles. The summed E-state index contributed by atoms with van der Waals surface area (Å²) in [5, 5.41) is 7.81. The molecule has 4 aromatic carbocycles. The second-order valence-electron chi connectivity index (χ2n) is 7.18. The normalized spacial score (nSPS) is 13.3. The molecule has 0 amide bonds. The van der Waals surface area contributed by atoms with Crippen molar-refractivity contribution in [2.45, 2.75) is 31.8 Å². The van der Waals surface area contributed by atoms with Crippen LogP contribution in [0.15, 0.2) is 54.6 Å². The number of hydrogen-bond donors (Lipinski definition) is 0. The summed E-state index contributed by atoms with van der Waals surface area (Å²) in [5.41, 5.74) is 1.30. The summed E-state index contributed by atoms with van der Waals surface area (Å²) >= 11 is 1.76. The molecule has 0 heterocycles. The summed E-state index contributed by atoms with van der Waals surface area (Å²) in [7, 11) is 0. The van der Waals surface area contributed by atoms with E-state index in [0.717, 1.165) is 5.75 Å². The van der Waals surface area contributed by atoms with E-state index in [4.69, 9.17) is 4.74 Å². The molecule has 0 spiro atoms. The molecule has 0 saturated carbocycles. The minimum Gasteiger partial charge on any atom is -0.372 e. The van der Waals surface area contributed by atoms with E-state index in [0.29, 0.717) is 5.75 Å². The minimum atomic E-state index is -0.236. The Morgan fingerprint density at radius 1 is 0.889 bits per heavy atom. The van der Waals surface area contributed by atoms with Crippen LogP contribution < -0.4 is 0 Å². The van der Waals surface area contributed by atoms with E-state index < -0.39 is 0 Å². The van der Waals surface area contributed by atoms with Gasteiger partial charge in [-0.05, 0) is 56.3 Å². The lowest BCUT2D eigenvalue weighted by Gasteiger charge is -2.18.